The maximum atomic E-state index is 12.9. The number of amides is 1. The summed E-state index contributed by atoms with van der Waals surface area (Å²) in [7, 11) is 1.57. The molecule has 366 valence electrons. The number of likely N-dealkylation sites (N-methyl/N-ethyl adjacent to an activating group) is 1. The third-order valence-electron chi connectivity index (χ3n) is 11.9. The molecule has 62 heavy (non-hydrogen) atoms. The number of hydrogen-bond acceptors (Lipinski definition) is 5. The van der Waals surface area contributed by atoms with Crippen molar-refractivity contribution in [3.8, 4) is 0 Å². The van der Waals surface area contributed by atoms with E-state index in [2.05, 4.69) is 43.5 Å². The van der Waals surface area contributed by atoms with Crippen LogP contribution >= 0.6 is 7.82 Å². The average molecular weight is 896 g/mol. The minimum absolute atomic E-state index is 0.0609. The van der Waals surface area contributed by atoms with Gasteiger partial charge < -0.3 is 19.8 Å². The minimum atomic E-state index is -4.34. The zero-order valence-corrected chi connectivity index (χ0v) is 42.5. The van der Waals surface area contributed by atoms with Gasteiger partial charge in [-0.1, -0.05) is 224 Å². The highest BCUT2D eigenvalue weighted by Crippen LogP contribution is 2.43. The molecule has 0 heterocycles. The van der Waals surface area contributed by atoms with E-state index in [0.717, 1.165) is 44.9 Å². The fourth-order valence-corrected chi connectivity index (χ4v) is 8.40. The van der Waals surface area contributed by atoms with Crippen LogP contribution in [0.3, 0.4) is 0 Å². The van der Waals surface area contributed by atoms with Crippen LogP contribution in [0.1, 0.15) is 245 Å². The van der Waals surface area contributed by atoms with Crippen molar-refractivity contribution in [3.63, 3.8) is 0 Å². The van der Waals surface area contributed by atoms with Gasteiger partial charge in [-0.2, -0.15) is 0 Å². The zero-order chi connectivity index (χ0) is 45.7. The number of aliphatic hydroxyl groups is 1. The summed E-state index contributed by atoms with van der Waals surface area (Å²) in [4.78, 5) is 23.2. The molecule has 0 spiro atoms. The minimum Gasteiger partial charge on any atom is -0.387 e. The first-order valence-corrected chi connectivity index (χ1v) is 27.9. The van der Waals surface area contributed by atoms with E-state index in [-0.39, 0.29) is 19.1 Å². The number of hydrogen-bond donors (Lipinski definition) is 3. The Labute approximate surface area is 385 Å². The molecular weight excluding hydrogens is 792 g/mol. The van der Waals surface area contributed by atoms with Crippen LogP contribution < -0.4 is 5.32 Å². The van der Waals surface area contributed by atoms with Crippen molar-refractivity contribution >= 4 is 13.7 Å². The summed E-state index contributed by atoms with van der Waals surface area (Å²) in [5.74, 6) is -0.180. The molecule has 0 rings (SSSR count). The predicted molar refractivity (Wildman–Crippen MR) is 268 cm³/mol. The van der Waals surface area contributed by atoms with E-state index in [4.69, 9.17) is 9.05 Å². The van der Waals surface area contributed by atoms with Crippen LogP contribution in [0.4, 0.5) is 0 Å². The van der Waals surface area contributed by atoms with Gasteiger partial charge in [0.15, 0.2) is 0 Å². The lowest BCUT2D eigenvalue weighted by molar-refractivity contribution is -0.870. The van der Waals surface area contributed by atoms with Crippen molar-refractivity contribution in [1.29, 1.82) is 0 Å². The van der Waals surface area contributed by atoms with Gasteiger partial charge in [-0.25, -0.2) is 4.57 Å². The van der Waals surface area contributed by atoms with E-state index in [1.54, 1.807) is 6.08 Å². The molecule has 0 aromatic carbocycles. The Bertz CT molecular complexity index is 1110. The molecule has 9 heteroatoms. The van der Waals surface area contributed by atoms with Crippen molar-refractivity contribution in [2.45, 2.75) is 257 Å². The maximum Gasteiger partial charge on any atom is 0.472 e. The quantitative estimate of drug-likeness (QED) is 0.0243. The molecule has 0 radical (unpaired) electrons. The van der Waals surface area contributed by atoms with Gasteiger partial charge in [0.25, 0.3) is 0 Å². The highest BCUT2D eigenvalue weighted by molar-refractivity contribution is 7.47. The Morgan fingerprint density at radius 3 is 1.35 bits per heavy atom. The average Bonchev–Trinajstić information content (AvgIpc) is 3.23. The van der Waals surface area contributed by atoms with Crippen LogP contribution in [0.25, 0.3) is 0 Å². The molecule has 0 aromatic rings. The Balaban J connectivity index is 4.30. The van der Waals surface area contributed by atoms with E-state index >= 15 is 0 Å². The molecule has 3 N–H and O–H groups in total. The molecular formula is C53H104N2O6P+. The van der Waals surface area contributed by atoms with Crippen LogP contribution in [-0.2, 0) is 18.4 Å². The molecule has 0 saturated carbocycles. The van der Waals surface area contributed by atoms with Gasteiger partial charge in [0, 0.05) is 6.42 Å². The van der Waals surface area contributed by atoms with E-state index < -0.39 is 20.0 Å². The van der Waals surface area contributed by atoms with Gasteiger partial charge in [0.2, 0.25) is 5.91 Å². The lowest BCUT2D eigenvalue weighted by Gasteiger charge is -2.25. The van der Waals surface area contributed by atoms with Gasteiger partial charge in [0.1, 0.15) is 13.2 Å². The van der Waals surface area contributed by atoms with Gasteiger partial charge in [-0.05, 0) is 51.4 Å². The van der Waals surface area contributed by atoms with Gasteiger partial charge in [-0.3, -0.25) is 13.8 Å². The zero-order valence-electron chi connectivity index (χ0n) is 41.6. The molecule has 1 amide bonds. The van der Waals surface area contributed by atoms with E-state index in [1.807, 2.05) is 27.2 Å². The monoisotopic (exact) mass is 896 g/mol. The second-order valence-corrected chi connectivity index (χ2v) is 20.7. The number of nitrogens with one attached hydrogen (secondary N) is 1. The summed E-state index contributed by atoms with van der Waals surface area (Å²) < 4.78 is 23.7. The number of quaternary nitrogens is 1. The number of unbranched alkanes of at least 4 members (excludes halogenated alkanes) is 31. The molecule has 0 saturated heterocycles. The third kappa shape index (κ3) is 46.7. The van der Waals surface area contributed by atoms with Gasteiger partial charge in [-0.15, -0.1) is 0 Å². The van der Waals surface area contributed by atoms with Crippen molar-refractivity contribution in [2.75, 3.05) is 40.9 Å². The molecule has 0 fully saturated rings. The molecule has 8 nitrogen and oxygen atoms in total. The van der Waals surface area contributed by atoms with Crippen LogP contribution in [0.15, 0.2) is 36.5 Å². The van der Waals surface area contributed by atoms with E-state index in [0.29, 0.717) is 17.4 Å². The van der Waals surface area contributed by atoms with Crippen molar-refractivity contribution < 1.29 is 32.9 Å². The second kappa shape index (κ2) is 44.9. The van der Waals surface area contributed by atoms with Gasteiger partial charge >= 0.3 is 7.82 Å². The SMILES string of the molecule is CCCCC/C=C\C/C=C\CCCCCCCCCCCC(=O)NC(COP(=O)(O)OCC[N+](C)(C)C)C(O)/C=C/CCCCCCCCCCCCCCCCCCCCC. The fourth-order valence-electron chi connectivity index (χ4n) is 7.66. The Morgan fingerprint density at radius 1 is 0.548 bits per heavy atom. The maximum absolute atomic E-state index is 12.9. The Morgan fingerprint density at radius 2 is 0.919 bits per heavy atom. The standard InChI is InChI=1S/C53H103N2O6P/c1-6-8-10-12-14-16-18-20-22-24-26-27-29-30-32-34-36-38-40-42-44-46-52(56)51(50-61-62(58,59)60-49-48-55(3,4)5)54-53(57)47-45-43-41-39-37-35-33-31-28-25-23-21-19-17-15-13-11-9-7-2/h15,17,21,23,44,46,51-52,56H,6-14,16,18-20,22,24-43,45,47-50H2,1-5H3,(H-,54,57,58,59)/p+1/b17-15-,23-21-,46-44+. The highest BCUT2D eigenvalue weighted by Gasteiger charge is 2.27. The number of phosphoric acid groups is 1. The molecule has 3 atom stereocenters. The fraction of sp³-hybridized carbons (Fsp3) is 0.868. The Hall–Kier alpha value is -1.28. The number of rotatable bonds is 48. The number of allylic oxidation sites excluding steroid dienone is 5. The summed E-state index contributed by atoms with van der Waals surface area (Å²) in [5, 5.41) is 13.9. The van der Waals surface area contributed by atoms with Crippen LogP contribution in [-0.4, -0.2) is 73.4 Å². The number of aliphatic hydroxyl groups excluding tert-OH is 1. The Kier molecular flexibility index (Phi) is 44.0. The number of carbonyl (C=O) groups excluding carboxylic acids is 1. The molecule has 0 bridgehead atoms. The second-order valence-electron chi connectivity index (χ2n) is 19.3. The lowest BCUT2D eigenvalue weighted by Crippen LogP contribution is -2.45. The molecule has 0 aliphatic carbocycles. The molecule has 3 unspecified atom stereocenters. The summed E-state index contributed by atoms with van der Waals surface area (Å²) in [6.07, 6.45) is 56.5. The first kappa shape index (κ1) is 60.7. The van der Waals surface area contributed by atoms with Crippen molar-refractivity contribution in [3.05, 3.63) is 36.5 Å². The lowest BCUT2D eigenvalue weighted by atomic mass is 10.0. The summed E-state index contributed by atoms with van der Waals surface area (Å²) in [5.41, 5.74) is 0. The third-order valence-corrected chi connectivity index (χ3v) is 12.8. The molecule has 0 aliphatic rings. The predicted octanol–water partition coefficient (Wildman–Crippen LogP) is 15.4. The smallest absolute Gasteiger partial charge is 0.387 e. The highest BCUT2D eigenvalue weighted by atomic mass is 31.2. The van der Waals surface area contributed by atoms with E-state index in [9.17, 15) is 19.4 Å². The number of nitrogens with zero attached hydrogens (tertiary/aromatic N) is 1. The number of carbonyl (C=O) groups is 1. The van der Waals surface area contributed by atoms with Gasteiger partial charge in [0.05, 0.1) is 39.9 Å². The topological polar surface area (TPSA) is 105 Å². The first-order valence-electron chi connectivity index (χ1n) is 26.4. The van der Waals surface area contributed by atoms with Crippen LogP contribution in [0.2, 0.25) is 0 Å². The van der Waals surface area contributed by atoms with Crippen LogP contribution in [0, 0.1) is 0 Å². The van der Waals surface area contributed by atoms with E-state index in [1.165, 1.54) is 180 Å². The van der Waals surface area contributed by atoms with Crippen molar-refractivity contribution in [1.82, 2.24) is 5.32 Å². The summed E-state index contributed by atoms with van der Waals surface area (Å²) in [6.45, 7) is 4.81. The summed E-state index contributed by atoms with van der Waals surface area (Å²) in [6, 6.07) is -0.848. The summed E-state index contributed by atoms with van der Waals surface area (Å²) >= 11 is 0. The first-order chi connectivity index (χ1) is 30.0. The normalized spacial score (nSPS) is 14.4. The molecule has 0 aliphatic heterocycles. The van der Waals surface area contributed by atoms with Crippen LogP contribution in [0.5, 0.6) is 0 Å². The number of phosphoric ester groups is 1. The van der Waals surface area contributed by atoms with Crippen molar-refractivity contribution in [2.24, 2.45) is 0 Å². The largest absolute Gasteiger partial charge is 0.472 e. The molecule has 0 aromatic heterocycles.